The molecule has 0 atom stereocenters. The van der Waals surface area contributed by atoms with Crippen LogP contribution in [0.2, 0.25) is 0 Å². The van der Waals surface area contributed by atoms with E-state index in [4.69, 9.17) is 0 Å². The van der Waals surface area contributed by atoms with Gasteiger partial charge < -0.3 is 9.80 Å². The highest BCUT2D eigenvalue weighted by Gasteiger charge is 2.22. The average molecular weight is 334 g/mol. The van der Waals surface area contributed by atoms with Gasteiger partial charge in [-0.15, -0.1) is 0 Å². The van der Waals surface area contributed by atoms with Crippen LogP contribution >= 0.6 is 0 Å². The molecule has 1 saturated heterocycles. The van der Waals surface area contributed by atoms with E-state index in [2.05, 4.69) is 25.1 Å². The summed E-state index contributed by atoms with van der Waals surface area (Å²) in [5.41, 5.74) is 2.66. The van der Waals surface area contributed by atoms with Crippen LogP contribution < -0.4 is 4.90 Å². The lowest BCUT2D eigenvalue weighted by molar-refractivity contribution is 0.0746. The molecule has 0 unspecified atom stereocenters. The molecule has 0 spiro atoms. The minimum absolute atomic E-state index is 0.0648. The summed E-state index contributed by atoms with van der Waals surface area (Å²) < 4.78 is 0. The summed E-state index contributed by atoms with van der Waals surface area (Å²) >= 11 is 0. The van der Waals surface area contributed by atoms with Crippen molar-refractivity contribution >= 4 is 11.7 Å². The summed E-state index contributed by atoms with van der Waals surface area (Å²) in [6.45, 7) is 2.88. The molecule has 25 heavy (non-hydrogen) atoms. The smallest absolute Gasteiger partial charge is 0.253 e. The number of carbonyl (C=O) groups is 1. The van der Waals surface area contributed by atoms with Gasteiger partial charge in [-0.2, -0.15) is 5.10 Å². The number of aromatic nitrogens is 4. The summed E-state index contributed by atoms with van der Waals surface area (Å²) in [6.07, 6.45) is 6.82. The molecule has 126 valence electrons. The molecular weight excluding hydrogens is 316 g/mol. The molecule has 1 aromatic carbocycles. The van der Waals surface area contributed by atoms with E-state index in [0.717, 1.165) is 30.2 Å². The zero-order valence-corrected chi connectivity index (χ0v) is 13.7. The summed E-state index contributed by atoms with van der Waals surface area (Å²) in [5, 5.41) is 6.87. The van der Waals surface area contributed by atoms with E-state index in [9.17, 15) is 4.79 Å². The van der Waals surface area contributed by atoms with Crippen LogP contribution in [0.4, 0.5) is 5.82 Å². The van der Waals surface area contributed by atoms with Crippen LogP contribution in [-0.2, 0) is 0 Å². The molecule has 0 aliphatic carbocycles. The van der Waals surface area contributed by atoms with Gasteiger partial charge in [0.25, 0.3) is 5.91 Å². The molecule has 7 nitrogen and oxygen atoms in total. The number of nitrogens with one attached hydrogen (secondary N) is 1. The van der Waals surface area contributed by atoms with Crippen molar-refractivity contribution in [1.82, 2.24) is 25.1 Å². The third-order valence-corrected chi connectivity index (χ3v) is 4.38. The summed E-state index contributed by atoms with van der Waals surface area (Å²) in [7, 11) is 0. The summed E-state index contributed by atoms with van der Waals surface area (Å²) in [4.78, 5) is 25.2. The second-order valence-corrected chi connectivity index (χ2v) is 5.89. The van der Waals surface area contributed by atoms with Gasteiger partial charge in [0.05, 0.1) is 11.9 Å². The largest absolute Gasteiger partial charge is 0.352 e. The Labute approximate surface area is 145 Å². The molecule has 1 fully saturated rings. The van der Waals surface area contributed by atoms with E-state index in [1.807, 2.05) is 35.2 Å². The summed E-state index contributed by atoms with van der Waals surface area (Å²) in [5.74, 6) is 0.925. The van der Waals surface area contributed by atoms with Crippen LogP contribution in [0.25, 0.3) is 11.3 Å². The number of amides is 1. The maximum Gasteiger partial charge on any atom is 0.253 e. The molecule has 1 aliphatic heterocycles. The number of rotatable bonds is 3. The third kappa shape index (κ3) is 3.21. The number of hydrogen-bond donors (Lipinski definition) is 1. The van der Waals surface area contributed by atoms with E-state index in [0.29, 0.717) is 18.7 Å². The highest BCUT2D eigenvalue weighted by molar-refractivity contribution is 5.94. The maximum absolute atomic E-state index is 12.7. The fourth-order valence-corrected chi connectivity index (χ4v) is 2.98. The lowest BCUT2D eigenvalue weighted by Gasteiger charge is -2.35. The van der Waals surface area contributed by atoms with E-state index >= 15 is 0 Å². The first kappa shape index (κ1) is 15.3. The Morgan fingerprint density at radius 3 is 2.40 bits per heavy atom. The Morgan fingerprint density at radius 2 is 1.76 bits per heavy atom. The van der Waals surface area contributed by atoms with Gasteiger partial charge in [-0.1, -0.05) is 12.1 Å². The number of nitrogens with zero attached hydrogens (tertiary/aromatic N) is 5. The maximum atomic E-state index is 12.7. The van der Waals surface area contributed by atoms with Crippen molar-refractivity contribution < 1.29 is 4.79 Å². The quantitative estimate of drug-likeness (QED) is 0.791. The number of benzene rings is 1. The van der Waals surface area contributed by atoms with Crippen LogP contribution in [0.5, 0.6) is 0 Å². The molecule has 1 N–H and O–H groups in total. The van der Waals surface area contributed by atoms with Gasteiger partial charge >= 0.3 is 0 Å². The van der Waals surface area contributed by atoms with Crippen molar-refractivity contribution in [2.45, 2.75) is 0 Å². The van der Waals surface area contributed by atoms with Crippen LogP contribution in [0.15, 0.2) is 55.1 Å². The lowest BCUT2D eigenvalue weighted by Crippen LogP contribution is -2.49. The second kappa shape index (κ2) is 6.72. The Morgan fingerprint density at radius 1 is 0.960 bits per heavy atom. The molecule has 1 aliphatic rings. The Hall–Kier alpha value is -3.22. The van der Waals surface area contributed by atoms with Crippen LogP contribution in [0.3, 0.4) is 0 Å². The molecule has 3 heterocycles. The van der Waals surface area contributed by atoms with Gasteiger partial charge in [-0.05, 0) is 23.8 Å². The first-order valence-electron chi connectivity index (χ1n) is 8.21. The first-order valence-corrected chi connectivity index (χ1v) is 8.21. The van der Waals surface area contributed by atoms with Crippen LogP contribution in [-0.4, -0.2) is 57.2 Å². The van der Waals surface area contributed by atoms with Gasteiger partial charge in [0.1, 0.15) is 5.82 Å². The zero-order chi connectivity index (χ0) is 17.1. The lowest BCUT2D eigenvalue weighted by atomic mass is 10.1. The van der Waals surface area contributed by atoms with E-state index in [-0.39, 0.29) is 5.91 Å². The monoisotopic (exact) mass is 334 g/mol. The van der Waals surface area contributed by atoms with Crippen molar-refractivity contribution in [3.05, 3.63) is 60.7 Å². The molecule has 3 aromatic rings. The highest BCUT2D eigenvalue weighted by atomic mass is 16.2. The normalized spacial score (nSPS) is 14.6. The predicted molar refractivity (Wildman–Crippen MR) is 94.2 cm³/mol. The number of hydrogen-bond acceptors (Lipinski definition) is 5. The second-order valence-electron chi connectivity index (χ2n) is 5.89. The number of H-pyrrole nitrogens is 1. The average Bonchev–Trinajstić information content (AvgIpc) is 3.23. The van der Waals surface area contributed by atoms with Gasteiger partial charge in [0.2, 0.25) is 0 Å². The molecule has 1 amide bonds. The molecular formula is C18H18N6O. The highest BCUT2D eigenvalue weighted by Crippen LogP contribution is 2.18. The van der Waals surface area contributed by atoms with E-state index in [1.165, 1.54) is 0 Å². The van der Waals surface area contributed by atoms with Crippen LogP contribution in [0, 0.1) is 0 Å². The number of anilines is 1. The Kier molecular flexibility index (Phi) is 4.12. The first-order chi connectivity index (χ1) is 12.3. The fraction of sp³-hybridized carbons (Fsp3) is 0.222. The molecule has 2 aromatic heterocycles. The number of aromatic amines is 1. The molecule has 4 rings (SSSR count). The van der Waals surface area contributed by atoms with Gasteiger partial charge in [0, 0.05) is 50.3 Å². The minimum Gasteiger partial charge on any atom is -0.352 e. The molecule has 7 heteroatoms. The molecule has 0 radical (unpaired) electrons. The van der Waals surface area contributed by atoms with Crippen LogP contribution in [0.1, 0.15) is 10.4 Å². The van der Waals surface area contributed by atoms with Crippen molar-refractivity contribution in [3.63, 3.8) is 0 Å². The fourth-order valence-electron chi connectivity index (χ4n) is 2.98. The zero-order valence-electron chi connectivity index (χ0n) is 13.7. The van der Waals surface area contributed by atoms with Crippen molar-refractivity contribution in [2.75, 3.05) is 31.1 Å². The predicted octanol–water partition coefficient (Wildman–Crippen LogP) is 1.83. The number of carbonyl (C=O) groups excluding carboxylic acids is 1. The van der Waals surface area contributed by atoms with Gasteiger partial charge in [-0.3, -0.25) is 14.9 Å². The van der Waals surface area contributed by atoms with Crippen molar-refractivity contribution in [1.29, 1.82) is 0 Å². The van der Waals surface area contributed by atoms with Crippen molar-refractivity contribution in [3.8, 4) is 11.3 Å². The minimum atomic E-state index is 0.0648. The van der Waals surface area contributed by atoms with Gasteiger partial charge in [-0.25, -0.2) is 4.98 Å². The van der Waals surface area contributed by atoms with Crippen molar-refractivity contribution in [2.24, 2.45) is 0 Å². The topological polar surface area (TPSA) is 78.0 Å². The molecule has 0 saturated carbocycles. The standard InChI is InChI=1S/C18H18N6O/c25-18(15-3-1-14(2-4-15)16-5-6-21-22-16)24-11-9-23(10-12-24)17-13-19-7-8-20-17/h1-8,13H,9-12H2,(H,21,22). The van der Waals surface area contributed by atoms with Gasteiger partial charge in [0.15, 0.2) is 0 Å². The SMILES string of the molecule is O=C(c1ccc(-c2ccn[nH]2)cc1)N1CCN(c2cnccn2)CC1. The van der Waals surface area contributed by atoms with E-state index in [1.54, 1.807) is 24.8 Å². The molecule has 0 bridgehead atoms. The Bertz CT molecular complexity index is 824. The number of piperazine rings is 1. The Balaban J connectivity index is 1.40. The third-order valence-electron chi connectivity index (χ3n) is 4.38. The summed E-state index contributed by atoms with van der Waals surface area (Å²) in [6, 6.07) is 9.52. The van der Waals surface area contributed by atoms with E-state index < -0.39 is 0 Å².